The van der Waals surface area contributed by atoms with Gasteiger partial charge in [0.25, 0.3) is 0 Å². The molecule has 1 heteroatoms. The highest BCUT2D eigenvalue weighted by molar-refractivity contribution is 5.99. The van der Waals surface area contributed by atoms with Crippen molar-refractivity contribution in [3.63, 3.8) is 0 Å². The number of nitrogens with zero attached hydrogens (tertiary/aromatic N) is 1. The third-order valence-electron chi connectivity index (χ3n) is 11.7. The topological polar surface area (TPSA) is 3.24 Å². The minimum Gasteiger partial charge on any atom is -0.309 e. The van der Waals surface area contributed by atoms with E-state index in [0.29, 0.717) is 0 Å². The van der Waals surface area contributed by atoms with Crippen molar-refractivity contribution in [3.8, 4) is 55.6 Å². The van der Waals surface area contributed by atoms with Crippen molar-refractivity contribution in [2.45, 2.75) is 19.3 Å². The van der Waals surface area contributed by atoms with Gasteiger partial charge in [-0.1, -0.05) is 202 Å². The second kappa shape index (κ2) is 13.7. The molecule has 1 aliphatic rings. The molecule has 9 aromatic rings. The van der Waals surface area contributed by atoms with E-state index in [4.69, 9.17) is 0 Å². The number of hydrogen-bond acceptors (Lipinski definition) is 1. The Balaban J connectivity index is 1.13. The molecule has 0 aliphatic heterocycles. The molecule has 1 nitrogen and oxygen atoms in total. The van der Waals surface area contributed by atoms with Gasteiger partial charge in [-0.2, -0.15) is 0 Å². The van der Waals surface area contributed by atoms with Crippen molar-refractivity contribution >= 4 is 27.8 Å². The van der Waals surface area contributed by atoms with Gasteiger partial charge in [-0.25, -0.2) is 0 Å². The van der Waals surface area contributed by atoms with Gasteiger partial charge in [-0.05, 0) is 90.7 Å². The molecule has 1 aliphatic carbocycles. The Kier molecular flexibility index (Phi) is 8.23. The van der Waals surface area contributed by atoms with Crippen LogP contribution in [0, 0.1) is 0 Å². The summed E-state index contributed by atoms with van der Waals surface area (Å²) in [4.78, 5) is 2.49. The van der Waals surface area contributed by atoms with E-state index in [1.165, 1.54) is 83.2 Å². The molecular formula is C55H41N. The fourth-order valence-electron chi connectivity index (χ4n) is 8.86. The maximum absolute atomic E-state index is 2.49. The highest BCUT2D eigenvalue weighted by Gasteiger charge is 2.38. The molecule has 9 aromatic carbocycles. The lowest BCUT2D eigenvalue weighted by molar-refractivity contribution is 0.660. The van der Waals surface area contributed by atoms with Gasteiger partial charge in [-0.3, -0.25) is 0 Å². The largest absolute Gasteiger partial charge is 0.309 e. The number of para-hydroxylation sites is 1. The summed E-state index contributed by atoms with van der Waals surface area (Å²) in [6.07, 6.45) is 0. The molecule has 0 radical (unpaired) electrons. The molecule has 0 amide bonds. The second-order valence-electron chi connectivity index (χ2n) is 15.3. The first-order chi connectivity index (χ1) is 27.5. The lowest BCUT2D eigenvalue weighted by Crippen LogP contribution is -2.16. The summed E-state index contributed by atoms with van der Waals surface area (Å²) in [5, 5.41) is 2.52. The SMILES string of the molecule is CC1(C)c2ccccc2-c2c(N(c3cccc(-c4ccc(-c5ccccc5)cc4)c3)c3ccccc3-c3ccc(-c4cccc5ccccc45)cc3)cccc21. The van der Waals surface area contributed by atoms with E-state index in [1.807, 2.05) is 0 Å². The van der Waals surface area contributed by atoms with Crippen LogP contribution >= 0.6 is 0 Å². The number of fused-ring (bicyclic) bond motifs is 4. The Morgan fingerprint density at radius 3 is 1.64 bits per heavy atom. The van der Waals surface area contributed by atoms with Gasteiger partial charge < -0.3 is 4.90 Å². The van der Waals surface area contributed by atoms with E-state index in [-0.39, 0.29) is 5.41 Å². The molecule has 10 rings (SSSR count). The highest BCUT2D eigenvalue weighted by atomic mass is 15.1. The summed E-state index contributed by atoms with van der Waals surface area (Å²) in [7, 11) is 0. The van der Waals surface area contributed by atoms with Gasteiger partial charge in [0.2, 0.25) is 0 Å². The fraction of sp³-hybridized carbons (Fsp3) is 0.0545. The van der Waals surface area contributed by atoms with Crippen molar-refractivity contribution in [2.24, 2.45) is 0 Å². The van der Waals surface area contributed by atoms with Gasteiger partial charge in [0, 0.05) is 22.2 Å². The molecule has 0 saturated carbocycles. The van der Waals surface area contributed by atoms with E-state index in [9.17, 15) is 0 Å². The predicted molar refractivity (Wildman–Crippen MR) is 238 cm³/mol. The first-order valence-corrected chi connectivity index (χ1v) is 19.5. The smallest absolute Gasteiger partial charge is 0.0543 e. The molecule has 0 saturated heterocycles. The standard InChI is InChI=1S/C55H41N/c1-55(2)50-25-10-8-23-49(50)54-51(55)26-14-28-53(54)56(45-20-12-19-44(37-45)40-31-29-39(30-32-40)38-15-4-3-5-16-38)52-27-11-9-22-48(52)43-35-33-42(34-36-43)47-24-13-18-41-17-6-7-21-46(41)47/h3-37H,1-2H3. The van der Waals surface area contributed by atoms with Gasteiger partial charge in [-0.15, -0.1) is 0 Å². The second-order valence-corrected chi connectivity index (χ2v) is 15.3. The Bertz CT molecular complexity index is 2860. The van der Waals surface area contributed by atoms with Crippen LogP contribution in [-0.4, -0.2) is 0 Å². The maximum atomic E-state index is 2.49. The van der Waals surface area contributed by atoms with E-state index >= 15 is 0 Å². The number of hydrogen-bond donors (Lipinski definition) is 0. The first kappa shape index (κ1) is 33.6. The van der Waals surface area contributed by atoms with Crippen LogP contribution in [0.3, 0.4) is 0 Å². The monoisotopic (exact) mass is 715 g/mol. The molecule has 0 aromatic heterocycles. The van der Waals surface area contributed by atoms with Crippen LogP contribution in [0.5, 0.6) is 0 Å². The van der Waals surface area contributed by atoms with E-state index in [2.05, 4.69) is 231 Å². The summed E-state index contributed by atoms with van der Waals surface area (Å²) < 4.78 is 0. The lowest BCUT2D eigenvalue weighted by atomic mass is 9.82. The minimum absolute atomic E-state index is 0.118. The first-order valence-electron chi connectivity index (χ1n) is 19.5. The van der Waals surface area contributed by atoms with Crippen LogP contribution in [0.25, 0.3) is 66.4 Å². The molecule has 0 spiro atoms. The summed E-state index contributed by atoms with van der Waals surface area (Å²) in [6, 6.07) is 77.6. The van der Waals surface area contributed by atoms with Crippen molar-refractivity contribution in [1.82, 2.24) is 0 Å². The maximum Gasteiger partial charge on any atom is 0.0543 e. The molecule has 0 heterocycles. The van der Waals surface area contributed by atoms with Crippen LogP contribution in [-0.2, 0) is 5.41 Å². The van der Waals surface area contributed by atoms with E-state index < -0.39 is 0 Å². The third kappa shape index (κ3) is 5.72. The van der Waals surface area contributed by atoms with Gasteiger partial charge in [0.05, 0.1) is 11.4 Å². The number of benzene rings is 9. The molecule has 0 fully saturated rings. The summed E-state index contributed by atoms with van der Waals surface area (Å²) in [5.41, 5.74) is 18.3. The minimum atomic E-state index is -0.118. The third-order valence-corrected chi connectivity index (χ3v) is 11.7. The van der Waals surface area contributed by atoms with Crippen LogP contribution in [0.2, 0.25) is 0 Å². The summed E-state index contributed by atoms with van der Waals surface area (Å²) in [5.74, 6) is 0. The molecule has 0 bridgehead atoms. The molecule has 266 valence electrons. The zero-order valence-corrected chi connectivity index (χ0v) is 31.7. The highest BCUT2D eigenvalue weighted by Crippen LogP contribution is 2.55. The van der Waals surface area contributed by atoms with Crippen molar-refractivity contribution in [3.05, 3.63) is 223 Å². The lowest BCUT2D eigenvalue weighted by Gasteiger charge is -2.31. The van der Waals surface area contributed by atoms with Crippen LogP contribution in [0.1, 0.15) is 25.0 Å². The van der Waals surface area contributed by atoms with E-state index in [0.717, 1.165) is 11.4 Å². The Labute approximate surface area is 329 Å². The van der Waals surface area contributed by atoms with Gasteiger partial charge in [0.1, 0.15) is 0 Å². The van der Waals surface area contributed by atoms with Crippen LogP contribution in [0.15, 0.2) is 212 Å². The summed E-state index contributed by atoms with van der Waals surface area (Å²) >= 11 is 0. The predicted octanol–water partition coefficient (Wildman–Crippen LogP) is 15.3. The normalized spacial score (nSPS) is 12.6. The van der Waals surface area contributed by atoms with Gasteiger partial charge in [0.15, 0.2) is 0 Å². The Morgan fingerprint density at radius 2 is 0.839 bits per heavy atom. The Morgan fingerprint density at radius 1 is 0.339 bits per heavy atom. The zero-order chi connectivity index (χ0) is 37.6. The average molecular weight is 716 g/mol. The summed E-state index contributed by atoms with van der Waals surface area (Å²) in [6.45, 7) is 4.72. The van der Waals surface area contributed by atoms with Crippen molar-refractivity contribution < 1.29 is 0 Å². The average Bonchev–Trinajstić information content (AvgIpc) is 3.50. The van der Waals surface area contributed by atoms with Crippen molar-refractivity contribution in [1.29, 1.82) is 0 Å². The number of rotatable bonds is 7. The molecule has 56 heavy (non-hydrogen) atoms. The zero-order valence-electron chi connectivity index (χ0n) is 31.7. The van der Waals surface area contributed by atoms with E-state index in [1.54, 1.807) is 0 Å². The molecular weight excluding hydrogens is 675 g/mol. The van der Waals surface area contributed by atoms with Gasteiger partial charge >= 0.3 is 0 Å². The number of anilines is 3. The Hall–Kier alpha value is -6.96. The van der Waals surface area contributed by atoms with Crippen molar-refractivity contribution in [2.75, 3.05) is 4.90 Å². The van der Waals surface area contributed by atoms with Crippen LogP contribution < -0.4 is 4.90 Å². The molecule has 0 unspecified atom stereocenters. The fourth-order valence-corrected chi connectivity index (χ4v) is 8.86. The van der Waals surface area contributed by atoms with Crippen LogP contribution in [0.4, 0.5) is 17.1 Å². The quantitative estimate of drug-likeness (QED) is 0.159. The molecule has 0 atom stereocenters. The molecule has 0 N–H and O–H groups in total.